The Labute approximate surface area is 208 Å². The SMILES string of the molecule is CCCCCCCCCCCCCCCCCCCCCC(=O)n1c(=O)ccc2ccccc21. The van der Waals surface area contributed by atoms with Crippen LogP contribution in [0.3, 0.4) is 0 Å². The summed E-state index contributed by atoms with van der Waals surface area (Å²) in [6.45, 7) is 2.28. The molecule has 0 aliphatic heterocycles. The van der Waals surface area contributed by atoms with Crippen molar-refractivity contribution in [2.24, 2.45) is 0 Å². The van der Waals surface area contributed by atoms with E-state index in [-0.39, 0.29) is 11.5 Å². The van der Waals surface area contributed by atoms with Gasteiger partial charge in [0.05, 0.1) is 5.52 Å². The van der Waals surface area contributed by atoms with Gasteiger partial charge in [-0.2, -0.15) is 0 Å². The molecule has 3 heteroatoms. The highest BCUT2D eigenvalue weighted by Crippen LogP contribution is 2.16. The average molecular weight is 468 g/mol. The molecule has 1 aromatic heterocycles. The number of benzene rings is 1. The van der Waals surface area contributed by atoms with Crippen LogP contribution in [0.5, 0.6) is 0 Å². The molecule has 34 heavy (non-hydrogen) atoms. The third kappa shape index (κ3) is 11.5. The van der Waals surface area contributed by atoms with Crippen molar-refractivity contribution in [1.29, 1.82) is 0 Å². The zero-order valence-corrected chi connectivity index (χ0v) is 21.9. The Bertz CT molecular complexity index is 854. The lowest BCUT2D eigenvalue weighted by atomic mass is 10.0. The molecule has 2 rings (SSSR count). The van der Waals surface area contributed by atoms with Gasteiger partial charge in [-0.3, -0.25) is 9.59 Å². The Morgan fingerprint density at radius 1 is 0.588 bits per heavy atom. The number of hydrogen-bond donors (Lipinski definition) is 0. The van der Waals surface area contributed by atoms with Gasteiger partial charge >= 0.3 is 0 Å². The van der Waals surface area contributed by atoms with Crippen molar-refractivity contribution in [3.05, 3.63) is 46.8 Å². The second kappa shape index (κ2) is 18.4. The van der Waals surface area contributed by atoms with Crippen molar-refractivity contribution < 1.29 is 4.79 Å². The van der Waals surface area contributed by atoms with Crippen LogP contribution < -0.4 is 5.56 Å². The first kappa shape index (κ1) is 28.3. The van der Waals surface area contributed by atoms with Gasteiger partial charge in [-0.15, -0.1) is 0 Å². The lowest BCUT2D eigenvalue weighted by Gasteiger charge is -2.08. The van der Waals surface area contributed by atoms with E-state index in [9.17, 15) is 9.59 Å². The van der Waals surface area contributed by atoms with Gasteiger partial charge in [-0.1, -0.05) is 141 Å². The van der Waals surface area contributed by atoms with E-state index in [1.165, 1.54) is 120 Å². The molecule has 0 spiro atoms. The fourth-order valence-electron chi connectivity index (χ4n) is 4.91. The van der Waals surface area contributed by atoms with Crippen LogP contribution in [0.25, 0.3) is 10.9 Å². The Morgan fingerprint density at radius 2 is 1.03 bits per heavy atom. The van der Waals surface area contributed by atoms with Crippen LogP contribution in [0.1, 0.15) is 140 Å². The molecule has 1 heterocycles. The fraction of sp³-hybridized carbons (Fsp3) is 0.677. The summed E-state index contributed by atoms with van der Waals surface area (Å²) in [6, 6.07) is 10.9. The van der Waals surface area contributed by atoms with Gasteiger partial charge in [-0.05, 0) is 23.9 Å². The van der Waals surface area contributed by atoms with E-state index >= 15 is 0 Å². The first-order valence-electron chi connectivity index (χ1n) is 14.4. The third-order valence-electron chi connectivity index (χ3n) is 7.05. The van der Waals surface area contributed by atoms with Crippen LogP contribution in [0, 0.1) is 0 Å². The molecule has 0 saturated heterocycles. The van der Waals surface area contributed by atoms with Gasteiger partial charge in [0.2, 0.25) is 5.91 Å². The molecule has 3 nitrogen and oxygen atoms in total. The summed E-state index contributed by atoms with van der Waals surface area (Å²) in [5, 5.41) is 0.934. The molecule has 0 fully saturated rings. The predicted molar refractivity (Wildman–Crippen MR) is 147 cm³/mol. The highest BCUT2D eigenvalue weighted by molar-refractivity contribution is 5.91. The normalized spacial score (nSPS) is 11.3. The second-order valence-corrected chi connectivity index (χ2v) is 10.1. The molecule has 0 unspecified atom stereocenters. The van der Waals surface area contributed by atoms with Gasteiger partial charge in [0.1, 0.15) is 0 Å². The lowest BCUT2D eigenvalue weighted by Crippen LogP contribution is -2.26. The molecule has 0 aliphatic rings. The molecule has 1 aromatic carbocycles. The molecule has 2 aromatic rings. The van der Waals surface area contributed by atoms with Gasteiger partial charge in [0, 0.05) is 12.5 Å². The van der Waals surface area contributed by atoms with Crippen LogP contribution in [-0.4, -0.2) is 10.5 Å². The number of carbonyl (C=O) groups is 1. The van der Waals surface area contributed by atoms with Crippen molar-refractivity contribution in [3.63, 3.8) is 0 Å². The second-order valence-electron chi connectivity index (χ2n) is 10.1. The van der Waals surface area contributed by atoms with Crippen molar-refractivity contribution in [2.75, 3.05) is 0 Å². The summed E-state index contributed by atoms with van der Waals surface area (Å²) >= 11 is 0. The van der Waals surface area contributed by atoms with Crippen molar-refractivity contribution in [1.82, 2.24) is 4.57 Å². The Balaban J connectivity index is 1.39. The van der Waals surface area contributed by atoms with Crippen LogP contribution in [0.2, 0.25) is 0 Å². The molecular weight excluding hydrogens is 418 g/mol. The van der Waals surface area contributed by atoms with E-state index in [1.807, 2.05) is 24.3 Å². The number of rotatable bonds is 20. The van der Waals surface area contributed by atoms with Gasteiger partial charge in [-0.25, -0.2) is 4.57 Å². The van der Waals surface area contributed by atoms with E-state index in [0.717, 1.165) is 23.7 Å². The van der Waals surface area contributed by atoms with Gasteiger partial charge < -0.3 is 0 Å². The van der Waals surface area contributed by atoms with Gasteiger partial charge in [0.15, 0.2) is 0 Å². The summed E-state index contributed by atoms with van der Waals surface area (Å²) < 4.78 is 1.35. The number of hydrogen-bond acceptors (Lipinski definition) is 2. The van der Waals surface area contributed by atoms with Gasteiger partial charge in [0.25, 0.3) is 5.56 Å². The highest BCUT2D eigenvalue weighted by Gasteiger charge is 2.10. The molecule has 0 saturated carbocycles. The maximum atomic E-state index is 12.6. The van der Waals surface area contributed by atoms with Crippen LogP contribution >= 0.6 is 0 Å². The summed E-state index contributed by atoms with van der Waals surface area (Å²) in [7, 11) is 0. The maximum absolute atomic E-state index is 12.6. The average Bonchev–Trinajstić information content (AvgIpc) is 2.85. The zero-order chi connectivity index (χ0) is 24.3. The molecule has 0 aliphatic carbocycles. The Morgan fingerprint density at radius 3 is 1.53 bits per heavy atom. The maximum Gasteiger partial charge on any atom is 0.257 e. The van der Waals surface area contributed by atoms with E-state index < -0.39 is 0 Å². The minimum atomic E-state index is -0.221. The molecule has 0 N–H and O–H groups in total. The number of nitrogens with zero attached hydrogens (tertiary/aromatic N) is 1. The Kier molecular flexibility index (Phi) is 15.4. The smallest absolute Gasteiger partial charge is 0.257 e. The van der Waals surface area contributed by atoms with E-state index in [0.29, 0.717) is 6.42 Å². The molecule has 0 atom stereocenters. The van der Waals surface area contributed by atoms with E-state index in [4.69, 9.17) is 0 Å². The minimum absolute atomic E-state index is 0.0752. The third-order valence-corrected chi connectivity index (χ3v) is 7.05. The molecule has 190 valence electrons. The zero-order valence-electron chi connectivity index (χ0n) is 21.9. The van der Waals surface area contributed by atoms with E-state index in [2.05, 4.69) is 6.92 Å². The van der Waals surface area contributed by atoms with E-state index in [1.54, 1.807) is 6.07 Å². The fourth-order valence-corrected chi connectivity index (χ4v) is 4.91. The number of aromatic nitrogens is 1. The summed E-state index contributed by atoms with van der Waals surface area (Å²) in [5.41, 5.74) is 0.499. The number of pyridine rings is 1. The van der Waals surface area contributed by atoms with Crippen molar-refractivity contribution in [2.45, 2.75) is 135 Å². The number of carbonyl (C=O) groups excluding carboxylic acids is 1. The Hall–Kier alpha value is -1.90. The van der Waals surface area contributed by atoms with Crippen molar-refractivity contribution in [3.8, 4) is 0 Å². The minimum Gasteiger partial charge on any atom is -0.274 e. The number of unbranched alkanes of at least 4 members (excludes halogenated alkanes) is 18. The number of fused-ring (bicyclic) bond motifs is 1. The molecule has 0 bridgehead atoms. The van der Waals surface area contributed by atoms with Crippen LogP contribution in [0.4, 0.5) is 0 Å². The monoisotopic (exact) mass is 467 g/mol. The standard InChI is InChI=1S/C31H49NO2/c1-2-3-4-5-6-7-8-9-10-11-12-13-14-15-16-17-18-19-20-25-30(33)32-29-24-22-21-23-28(29)26-27-31(32)34/h21-24,26-27H,2-20,25H2,1H3. The number of para-hydroxylation sites is 1. The first-order chi connectivity index (χ1) is 16.7. The highest BCUT2D eigenvalue weighted by atomic mass is 16.2. The molecule has 0 radical (unpaired) electrons. The molecule has 0 amide bonds. The van der Waals surface area contributed by atoms with Crippen molar-refractivity contribution >= 4 is 16.8 Å². The van der Waals surface area contributed by atoms with Crippen LogP contribution in [-0.2, 0) is 0 Å². The largest absolute Gasteiger partial charge is 0.274 e. The lowest BCUT2D eigenvalue weighted by molar-refractivity contribution is 0.0900. The molecular formula is C31H49NO2. The van der Waals surface area contributed by atoms with Crippen LogP contribution in [0.15, 0.2) is 41.2 Å². The summed E-state index contributed by atoms with van der Waals surface area (Å²) in [5.74, 6) is -0.0752. The predicted octanol–water partition coefficient (Wildman–Crippen LogP) is 9.46. The summed E-state index contributed by atoms with van der Waals surface area (Å²) in [4.78, 5) is 24.8. The first-order valence-corrected chi connectivity index (χ1v) is 14.4. The topological polar surface area (TPSA) is 39.1 Å². The summed E-state index contributed by atoms with van der Waals surface area (Å²) in [6.07, 6.45) is 25.9. The quantitative estimate of drug-likeness (QED) is 0.182.